The van der Waals surface area contributed by atoms with E-state index < -0.39 is 0 Å². The molecule has 0 radical (unpaired) electrons. The van der Waals surface area contributed by atoms with Gasteiger partial charge in [0.15, 0.2) is 5.78 Å². The average Bonchev–Trinajstić information content (AvgIpc) is 3.06. The smallest absolute Gasteiger partial charge is 0.177 e. The Labute approximate surface area is 137 Å². The molecule has 3 N–H and O–H groups in total. The molecule has 114 valence electrons. The van der Waals surface area contributed by atoms with Crippen molar-refractivity contribution in [2.45, 2.75) is 25.2 Å². The molecule has 0 aliphatic carbocycles. The molecule has 0 aliphatic heterocycles. The molecule has 3 nitrogen and oxygen atoms in total. The number of thioether (sulfide) groups is 1. The number of hydrogen-bond donors (Lipinski definition) is 2. The van der Waals surface area contributed by atoms with Crippen molar-refractivity contribution >= 4 is 50.9 Å². The largest absolute Gasteiger partial charge is 0.396 e. The van der Waals surface area contributed by atoms with Crippen LogP contribution in [0.3, 0.4) is 0 Å². The van der Waals surface area contributed by atoms with Gasteiger partial charge < -0.3 is 11.1 Å². The number of nitrogens with two attached hydrogens (primary N) is 1. The molecule has 0 bridgehead atoms. The van der Waals surface area contributed by atoms with E-state index in [2.05, 4.69) is 22.8 Å². The van der Waals surface area contributed by atoms with Crippen molar-refractivity contribution < 1.29 is 4.79 Å². The average molecular weight is 341 g/mol. The first kappa shape index (κ1) is 16.4. The van der Waals surface area contributed by atoms with E-state index in [1.54, 1.807) is 23.1 Å². The third-order valence-electron chi connectivity index (χ3n) is 3.09. The SMILES string of the molecule is CSc1c(NCCc2cccs2)sc(C(=O)C(C)C)c1N. The molecule has 0 fully saturated rings. The van der Waals surface area contributed by atoms with Gasteiger partial charge in [-0.05, 0) is 24.1 Å². The first-order valence-corrected chi connectivity index (χ1v) is 9.73. The van der Waals surface area contributed by atoms with Crippen LogP contribution in [0, 0.1) is 5.92 Å². The molecule has 0 amide bonds. The first-order chi connectivity index (χ1) is 10.0. The Morgan fingerprint density at radius 1 is 1.48 bits per heavy atom. The molecule has 0 aliphatic rings. The fourth-order valence-corrected chi connectivity index (χ4v) is 4.80. The maximum atomic E-state index is 12.2. The molecule has 0 unspecified atom stereocenters. The Balaban J connectivity index is 2.11. The fourth-order valence-electron chi connectivity index (χ4n) is 1.95. The van der Waals surface area contributed by atoms with Gasteiger partial charge in [0.1, 0.15) is 5.00 Å². The van der Waals surface area contributed by atoms with Gasteiger partial charge >= 0.3 is 0 Å². The highest BCUT2D eigenvalue weighted by Crippen LogP contribution is 2.42. The lowest BCUT2D eigenvalue weighted by Crippen LogP contribution is -2.07. The number of ketones is 1. The van der Waals surface area contributed by atoms with Crippen LogP contribution < -0.4 is 11.1 Å². The summed E-state index contributed by atoms with van der Waals surface area (Å²) >= 11 is 4.84. The van der Waals surface area contributed by atoms with Gasteiger partial charge in [-0.25, -0.2) is 0 Å². The van der Waals surface area contributed by atoms with Gasteiger partial charge in [-0.15, -0.1) is 34.4 Å². The van der Waals surface area contributed by atoms with Gasteiger partial charge in [0.25, 0.3) is 0 Å². The number of hydrogen-bond acceptors (Lipinski definition) is 6. The summed E-state index contributed by atoms with van der Waals surface area (Å²) in [7, 11) is 0. The molecule has 2 aromatic rings. The highest BCUT2D eigenvalue weighted by Gasteiger charge is 2.22. The molecule has 0 saturated carbocycles. The van der Waals surface area contributed by atoms with Crippen molar-refractivity contribution in [1.82, 2.24) is 0 Å². The van der Waals surface area contributed by atoms with Gasteiger partial charge in [-0.3, -0.25) is 4.79 Å². The van der Waals surface area contributed by atoms with Crippen LogP contribution in [0.15, 0.2) is 22.4 Å². The zero-order chi connectivity index (χ0) is 15.4. The summed E-state index contributed by atoms with van der Waals surface area (Å²) in [4.78, 5) is 15.2. The van der Waals surface area contributed by atoms with Crippen molar-refractivity contribution in [3.63, 3.8) is 0 Å². The van der Waals surface area contributed by atoms with Crippen molar-refractivity contribution in [3.8, 4) is 0 Å². The van der Waals surface area contributed by atoms with Crippen LogP contribution in [-0.2, 0) is 6.42 Å². The molecule has 2 rings (SSSR count). The van der Waals surface area contributed by atoms with Crippen molar-refractivity contribution in [2.75, 3.05) is 23.9 Å². The van der Waals surface area contributed by atoms with Gasteiger partial charge in [0, 0.05) is 17.3 Å². The second-order valence-electron chi connectivity index (χ2n) is 4.98. The summed E-state index contributed by atoms with van der Waals surface area (Å²) in [5.41, 5.74) is 6.78. The van der Waals surface area contributed by atoms with Crippen LogP contribution in [0.25, 0.3) is 0 Å². The van der Waals surface area contributed by atoms with E-state index in [0.717, 1.165) is 22.9 Å². The lowest BCUT2D eigenvalue weighted by atomic mass is 10.1. The van der Waals surface area contributed by atoms with Crippen LogP contribution in [0.5, 0.6) is 0 Å². The molecular formula is C15H20N2OS3. The third kappa shape index (κ3) is 3.81. The number of nitrogens with one attached hydrogen (secondary N) is 1. The molecule has 0 saturated heterocycles. The zero-order valence-electron chi connectivity index (χ0n) is 12.4. The van der Waals surface area contributed by atoms with Crippen molar-refractivity contribution in [3.05, 3.63) is 27.3 Å². The van der Waals surface area contributed by atoms with E-state index in [1.807, 2.05) is 20.1 Å². The second kappa shape index (κ2) is 7.33. The highest BCUT2D eigenvalue weighted by molar-refractivity contribution is 7.99. The van der Waals surface area contributed by atoms with E-state index in [9.17, 15) is 4.79 Å². The lowest BCUT2D eigenvalue weighted by Gasteiger charge is -2.05. The Morgan fingerprint density at radius 3 is 2.81 bits per heavy atom. The number of rotatable bonds is 7. The summed E-state index contributed by atoms with van der Waals surface area (Å²) in [6.07, 6.45) is 2.98. The monoisotopic (exact) mass is 340 g/mol. The topological polar surface area (TPSA) is 55.1 Å². The quantitative estimate of drug-likeness (QED) is 0.571. The minimum atomic E-state index is -0.0281. The number of thiophene rings is 2. The first-order valence-electron chi connectivity index (χ1n) is 6.81. The summed E-state index contributed by atoms with van der Waals surface area (Å²) in [6, 6.07) is 4.20. The maximum absolute atomic E-state index is 12.2. The molecule has 2 aromatic heterocycles. The second-order valence-corrected chi connectivity index (χ2v) is 7.85. The Morgan fingerprint density at radius 2 is 2.24 bits per heavy atom. The van der Waals surface area contributed by atoms with Gasteiger partial charge in [-0.1, -0.05) is 19.9 Å². The fraction of sp³-hybridized carbons (Fsp3) is 0.400. The van der Waals surface area contributed by atoms with Gasteiger partial charge in [-0.2, -0.15) is 0 Å². The minimum Gasteiger partial charge on any atom is -0.396 e. The van der Waals surface area contributed by atoms with Crippen LogP contribution in [0.1, 0.15) is 28.4 Å². The zero-order valence-corrected chi connectivity index (χ0v) is 14.9. The third-order valence-corrected chi connectivity index (χ3v) is 6.16. The maximum Gasteiger partial charge on any atom is 0.177 e. The number of carbonyl (C=O) groups is 1. The molecule has 0 aromatic carbocycles. The van der Waals surface area contributed by atoms with Gasteiger partial charge in [0.05, 0.1) is 15.5 Å². The van der Waals surface area contributed by atoms with E-state index in [-0.39, 0.29) is 11.7 Å². The van der Waals surface area contributed by atoms with Crippen LogP contribution in [0.4, 0.5) is 10.7 Å². The number of anilines is 2. The summed E-state index contributed by atoms with van der Waals surface area (Å²) in [5, 5.41) is 6.53. The van der Waals surface area contributed by atoms with Gasteiger partial charge in [0.2, 0.25) is 0 Å². The van der Waals surface area contributed by atoms with Crippen LogP contribution >= 0.6 is 34.4 Å². The minimum absolute atomic E-state index is 0.0281. The molecule has 21 heavy (non-hydrogen) atoms. The normalized spacial score (nSPS) is 11.0. The molecule has 0 atom stereocenters. The van der Waals surface area contributed by atoms with E-state index in [1.165, 1.54) is 16.2 Å². The predicted molar refractivity (Wildman–Crippen MR) is 96.2 cm³/mol. The molecule has 6 heteroatoms. The standard InChI is InChI=1S/C15H20N2OS3/c1-9(2)12(18)13-11(16)14(19-3)15(21-13)17-7-6-10-5-4-8-20-10/h4-5,8-9,17H,6-7,16H2,1-3H3. The summed E-state index contributed by atoms with van der Waals surface area (Å²) in [6.45, 7) is 4.66. The summed E-state index contributed by atoms with van der Waals surface area (Å²) in [5.74, 6) is 0.0960. The van der Waals surface area contributed by atoms with Crippen molar-refractivity contribution in [1.29, 1.82) is 0 Å². The highest BCUT2D eigenvalue weighted by atomic mass is 32.2. The van der Waals surface area contributed by atoms with Crippen molar-refractivity contribution in [2.24, 2.45) is 5.92 Å². The van der Waals surface area contributed by atoms with E-state index >= 15 is 0 Å². The molecule has 0 spiro atoms. The summed E-state index contributed by atoms with van der Waals surface area (Å²) < 4.78 is 0. The number of Topliss-reactive ketones (excluding diaryl/α,β-unsaturated/α-hetero) is 1. The molecular weight excluding hydrogens is 320 g/mol. The Hall–Kier alpha value is -0.980. The lowest BCUT2D eigenvalue weighted by molar-refractivity contribution is 0.0944. The Bertz CT molecular complexity index is 603. The number of nitrogen functional groups attached to an aromatic ring is 1. The molecule has 2 heterocycles. The van der Waals surface area contributed by atoms with E-state index in [0.29, 0.717) is 10.6 Å². The predicted octanol–water partition coefficient (Wildman–Crippen LogP) is 4.61. The van der Waals surface area contributed by atoms with E-state index in [4.69, 9.17) is 5.73 Å². The van der Waals surface area contributed by atoms with Crippen LogP contribution in [-0.4, -0.2) is 18.6 Å². The number of carbonyl (C=O) groups excluding carboxylic acids is 1. The Kier molecular flexibility index (Phi) is 5.72. The van der Waals surface area contributed by atoms with Crippen LogP contribution in [0.2, 0.25) is 0 Å².